The molecule has 0 unspecified atom stereocenters. The zero-order valence-corrected chi connectivity index (χ0v) is 10.9. The zero-order valence-electron chi connectivity index (χ0n) is 9.36. The Morgan fingerprint density at radius 3 is 2.27 bits per heavy atom. The number of amides is 1. The highest BCUT2D eigenvalue weighted by molar-refractivity contribution is 9.18. The van der Waals surface area contributed by atoms with Crippen molar-refractivity contribution < 1.29 is 4.79 Å². The third kappa shape index (κ3) is 3.67. The lowest BCUT2D eigenvalue weighted by Crippen LogP contribution is -2.19. The molecule has 0 aliphatic carbocycles. The van der Waals surface area contributed by atoms with Gasteiger partial charge in [-0.3, -0.25) is 4.79 Å². The lowest BCUT2D eigenvalue weighted by molar-refractivity contribution is 0.262. The molecule has 0 fully saturated rings. The van der Waals surface area contributed by atoms with Gasteiger partial charge in [0.1, 0.15) is 0 Å². The first-order valence-corrected chi connectivity index (χ1v) is 5.80. The van der Waals surface area contributed by atoms with E-state index in [-0.39, 0.29) is 4.82 Å². The normalized spacial score (nSPS) is 10.1. The fraction of sp³-hybridized carbons (Fsp3) is 0.417. The van der Waals surface area contributed by atoms with Gasteiger partial charge in [-0.15, -0.1) is 0 Å². The predicted octanol–water partition coefficient (Wildman–Crippen LogP) is 3.26. The Morgan fingerprint density at radius 2 is 1.80 bits per heavy atom. The molecule has 1 aromatic rings. The van der Waals surface area contributed by atoms with Crippen LogP contribution < -0.4 is 5.32 Å². The number of halogens is 1. The summed E-state index contributed by atoms with van der Waals surface area (Å²) in [5, 5.41) is 2.74. The third-order valence-corrected chi connectivity index (χ3v) is 2.76. The van der Waals surface area contributed by atoms with Crippen LogP contribution in [-0.2, 0) is 6.42 Å². The molecule has 1 N–H and O–H groups in total. The smallest absolute Gasteiger partial charge is 0.287 e. The van der Waals surface area contributed by atoms with Crippen LogP contribution in [0.15, 0.2) is 12.1 Å². The third-order valence-electron chi connectivity index (χ3n) is 2.48. The summed E-state index contributed by atoms with van der Waals surface area (Å²) in [7, 11) is 0. The molecule has 0 heterocycles. The van der Waals surface area contributed by atoms with Crippen molar-refractivity contribution in [1.29, 1.82) is 0 Å². The first-order chi connectivity index (χ1) is 7.00. The summed E-state index contributed by atoms with van der Waals surface area (Å²) in [4.78, 5) is 10.5. The summed E-state index contributed by atoms with van der Waals surface area (Å²) in [5.74, 6) is 0. The van der Waals surface area contributed by atoms with E-state index in [1.165, 1.54) is 22.3 Å². The highest BCUT2D eigenvalue weighted by Crippen LogP contribution is 2.16. The minimum Gasteiger partial charge on any atom is -0.346 e. The molecule has 0 atom stereocenters. The maximum absolute atomic E-state index is 10.7. The topological polar surface area (TPSA) is 29.1 Å². The van der Waals surface area contributed by atoms with Crippen LogP contribution in [0.25, 0.3) is 0 Å². The largest absolute Gasteiger partial charge is 0.346 e. The van der Waals surface area contributed by atoms with E-state index in [0.29, 0.717) is 6.54 Å². The van der Waals surface area contributed by atoms with Crippen LogP contribution in [0.5, 0.6) is 0 Å². The standard InChI is InChI=1S/C12H16BrNO/c1-8-6-9(2)11(10(3)7-8)4-5-14-12(13)15/h6-7H,4-5H2,1-3H3,(H,14,15). The average Bonchev–Trinajstić information content (AvgIpc) is 2.08. The first-order valence-electron chi connectivity index (χ1n) is 5.00. The van der Waals surface area contributed by atoms with E-state index in [2.05, 4.69) is 54.2 Å². The van der Waals surface area contributed by atoms with E-state index in [1.807, 2.05) is 0 Å². The molecule has 0 saturated heterocycles. The van der Waals surface area contributed by atoms with Crippen LogP contribution >= 0.6 is 15.9 Å². The summed E-state index contributed by atoms with van der Waals surface area (Å²) in [6.45, 7) is 7.01. The van der Waals surface area contributed by atoms with Gasteiger partial charge in [0.2, 0.25) is 0 Å². The quantitative estimate of drug-likeness (QED) is 0.663. The van der Waals surface area contributed by atoms with Crippen molar-refractivity contribution in [3.8, 4) is 0 Å². The van der Waals surface area contributed by atoms with Gasteiger partial charge in [-0.2, -0.15) is 0 Å². The van der Waals surface area contributed by atoms with E-state index in [1.54, 1.807) is 0 Å². The van der Waals surface area contributed by atoms with Crippen molar-refractivity contribution in [2.45, 2.75) is 27.2 Å². The summed E-state index contributed by atoms with van der Waals surface area (Å²) >= 11 is 2.85. The Kier molecular flexibility index (Phi) is 4.33. The van der Waals surface area contributed by atoms with Gasteiger partial charge >= 0.3 is 0 Å². The van der Waals surface area contributed by atoms with Crippen LogP contribution in [0.3, 0.4) is 0 Å². The van der Waals surface area contributed by atoms with Crippen LogP contribution in [-0.4, -0.2) is 11.4 Å². The number of carbonyl (C=O) groups is 1. The van der Waals surface area contributed by atoms with Gasteiger partial charge < -0.3 is 5.32 Å². The second kappa shape index (κ2) is 5.31. The molecule has 82 valence electrons. The van der Waals surface area contributed by atoms with Gasteiger partial charge in [-0.05, 0) is 43.9 Å². The molecule has 0 spiro atoms. The summed E-state index contributed by atoms with van der Waals surface area (Å²) in [6, 6.07) is 4.36. The average molecular weight is 270 g/mol. The molecule has 0 bridgehead atoms. The lowest BCUT2D eigenvalue weighted by Gasteiger charge is -2.11. The minimum atomic E-state index is -0.148. The molecule has 0 aliphatic heterocycles. The molecule has 1 aromatic carbocycles. The highest BCUT2D eigenvalue weighted by atomic mass is 79.9. The Balaban J connectivity index is 2.72. The van der Waals surface area contributed by atoms with Crippen LogP contribution in [0, 0.1) is 20.8 Å². The van der Waals surface area contributed by atoms with Gasteiger partial charge in [-0.1, -0.05) is 17.7 Å². The number of aryl methyl sites for hydroxylation is 3. The van der Waals surface area contributed by atoms with Gasteiger partial charge in [0.05, 0.1) is 0 Å². The van der Waals surface area contributed by atoms with Crippen molar-refractivity contribution in [2.75, 3.05) is 6.54 Å². The fourth-order valence-corrected chi connectivity index (χ4v) is 2.09. The number of hydrogen-bond donors (Lipinski definition) is 1. The second-order valence-electron chi connectivity index (χ2n) is 3.83. The lowest BCUT2D eigenvalue weighted by atomic mass is 9.97. The molecule has 0 saturated carbocycles. The van der Waals surface area contributed by atoms with Gasteiger partial charge in [0, 0.05) is 22.5 Å². The second-order valence-corrected chi connectivity index (χ2v) is 4.55. The van der Waals surface area contributed by atoms with Crippen LogP contribution in [0.2, 0.25) is 0 Å². The predicted molar refractivity (Wildman–Crippen MR) is 66.7 cm³/mol. The van der Waals surface area contributed by atoms with E-state index < -0.39 is 0 Å². The highest BCUT2D eigenvalue weighted by Gasteiger charge is 2.03. The van der Waals surface area contributed by atoms with Gasteiger partial charge in [0.15, 0.2) is 0 Å². The molecule has 0 aromatic heterocycles. The summed E-state index contributed by atoms with van der Waals surface area (Å²) in [6.07, 6.45) is 0.884. The maximum Gasteiger partial charge on any atom is 0.287 e. The van der Waals surface area contributed by atoms with Crippen molar-refractivity contribution >= 4 is 20.7 Å². The van der Waals surface area contributed by atoms with E-state index in [4.69, 9.17) is 0 Å². The number of carbonyl (C=O) groups excluding carboxylic acids is 1. The van der Waals surface area contributed by atoms with Crippen molar-refractivity contribution in [3.05, 3.63) is 34.4 Å². The van der Waals surface area contributed by atoms with E-state index in [9.17, 15) is 4.79 Å². The molecule has 15 heavy (non-hydrogen) atoms. The Labute approximate surface area is 99.2 Å². The Hall–Kier alpha value is -0.830. The molecule has 1 rings (SSSR count). The zero-order chi connectivity index (χ0) is 11.4. The Bertz CT molecular complexity index is 351. The number of nitrogens with one attached hydrogen (secondary N) is 1. The maximum atomic E-state index is 10.7. The van der Waals surface area contributed by atoms with Crippen molar-refractivity contribution in [2.24, 2.45) is 0 Å². The number of rotatable bonds is 3. The molecule has 0 radical (unpaired) electrons. The number of benzene rings is 1. The molecule has 2 nitrogen and oxygen atoms in total. The van der Waals surface area contributed by atoms with Gasteiger partial charge in [0.25, 0.3) is 4.82 Å². The van der Waals surface area contributed by atoms with Crippen molar-refractivity contribution in [3.63, 3.8) is 0 Å². The molecular weight excluding hydrogens is 254 g/mol. The summed E-state index contributed by atoms with van der Waals surface area (Å²) < 4.78 is 0. The van der Waals surface area contributed by atoms with Gasteiger partial charge in [-0.25, -0.2) is 0 Å². The minimum absolute atomic E-state index is 0.148. The molecule has 3 heteroatoms. The van der Waals surface area contributed by atoms with Crippen molar-refractivity contribution in [1.82, 2.24) is 5.32 Å². The Morgan fingerprint density at radius 1 is 1.27 bits per heavy atom. The van der Waals surface area contributed by atoms with E-state index in [0.717, 1.165) is 6.42 Å². The molecular formula is C12H16BrNO. The van der Waals surface area contributed by atoms with E-state index >= 15 is 0 Å². The summed E-state index contributed by atoms with van der Waals surface area (Å²) in [5.41, 5.74) is 5.23. The fourth-order valence-electron chi connectivity index (χ4n) is 1.89. The first kappa shape index (κ1) is 12.2. The van der Waals surface area contributed by atoms with Crippen LogP contribution in [0.4, 0.5) is 4.79 Å². The monoisotopic (exact) mass is 269 g/mol. The molecule has 1 amide bonds. The number of hydrogen-bond acceptors (Lipinski definition) is 1. The molecule has 0 aliphatic rings. The van der Waals surface area contributed by atoms with Crippen LogP contribution in [0.1, 0.15) is 22.3 Å². The SMILES string of the molecule is Cc1cc(C)c(CCNC(=O)Br)c(C)c1.